The fourth-order valence-electron chi connectivity index (χ4n) is 2.83. The van der Waals surface area contributed by atoms with E-state index >= 15 is 0 Å². The Morgan fingerprint density at radius 1 is 1.03 bits per heavy atom. The largest absolute Gasteiger partial charge is 0.497 e. The molecule has 8 heteroatoms. The van der Waals surface area contributed by atoms with E-state index in [9.17, 15) is 14.4 Å². The van der Waals surface area contributed by atoms with E-state index < -0.39 is 5.56 Å². The van der Waals surface area contributed by atoms with Gasteiger partial charge in [0.1, 0.15) is 12.3 Å². The van der Waals surface area contributed by atoms with E-state index in [1.54, 1.807) is 43.5 Å². The lowest BCUT2D eigenvalue weighted by atomic mass is 10.1. The molecule has 0 aliphatic heterocycles. The molecule has 2 aromatic carbocycles. The number of ether oxygens (including phenoxy) is 1. The fraction of sp³-hybridized carbons (Fsp3) is 0.182. The lowest BCUT2D eigenvalue weighted by molar-refractivity contribution is -0.117. The first-order chi connectivity index (χ1) is 14.4. The van der Waals surface area contributed by atoms with Crippen molar-refractivity contribution in [2.75, 3.05) is 17.7 Å². The van der Waals surface area contributed by atoms with E-state index in [1.165, 1.54) is 13.0 Å². The van der Waals surface area contributed by atoms with Crippen LogP contribution in [0.3, 0.4) is 0 Å². The number of hydrogen-bond donors (Lipinski definition) is 2. The monoisotopic (exact) mass is 406 g/mol. The molecule has 154 valence electrons. The molecular formula is C22H22N4O4. The van der Waals surface area contributed by atoms with Crippen LogP contribution in [0.15, 0.2) is 59.4 Å². The van der Waals surface area contributed by atoms with Crippen LogP contribution in [-0.4, -0.2) is 28.7 Å². The average molecular weight is 406 g/mol. The van der Waals surface area contributed by atoms with Gasteiger partial charge in [-0.3, -0.25) is 14.4 Å². The summed E-state index contributed by atoms with van der Waals surface area (Å²) in [7, 11) is 1.56. The summed E-state index contributed by atoms with van der Waals surface area (Å²) in [5, 5.41) is 9.81. The average Bonchev–Trinajstić information content (AvgIpc) is 2.71. The third-order valence-electron chi connectivity index (χ3n) is 4.38. The molecule has 8 nitrogen and oxygen atoms in total. The number of carbonyl (C=O) groups excluding carboxylic acids is 2. The first-order valence-corrected chi connectivity index (χ1v) is 9.26. The van der Waals surface area contributed by atoms with Gasteiger partial charge in [0.25, 0.3) is 5.56 Å². The molecule has 0 fully saturated rings. The maximum absolute atomic E-state index is 12.4. The van der Waals surface area contributed by atoms with Crippen molar-refractivity contribution >= 4 is 23.2 Å². The zero-order chi connectivity index (χ0) is 21.7. The zero-order valence-electron chi connectivity index (χ0n) is 16.9. The summed E-state index contributed by atoms with van der Waals surface area (Å²) < 4.78 is 6.19. The van der Waals surface area contributed by atoms with Crippen molar-refractivity contribution in [3.63, 3.8) is 0 Å². The first-order valence-electron chi connectivity index (χ1n) is 9.26. The molecule has 0 unspecified atom stereocenters. The number of aryl methyl sites for hydroxylation is 1. The third-order valence-corrected chi connectivity index (χ3v) is 4.38. The number of aromatic nitrogens is 2. The molecule has 0 spiro atoms. The van der Waals surface area contributed by atoms with Crippen molar-refractivity contribution in [3.05, 3.63) is 70.5 Å². The highest BCUT2D eigenvalue weighted by atomic mass is 16.5. The van der Waals surface area contributed by atoms with Crippen molar-refractivity contribution in [3.8, 4) is 17.0 Å². The number of hydrogen-bond acceptors (Lipinski definition) is 5. The van der Waals surface area contributed by atoms with Crippen LogP contribution >= 0.6 is 0 Å². The highest BCUT2D eigenvalue weighted by Gasteiger charge is 2.10. The zero-order valence-corrected chi connectivity index (χ0v) is 16.9. The number of rotatable bonds is 6. The Hall–Kier alpha value is -3.94. The Morgan fingerprint density at radius 3 is 2.43 bits per heavy atom. The predicted molar refractivity (Wildman–Crippen MR) is 115 cm³/mol. The Balaban J connectivity index is 1.80. The summed E-state index contributed by atoms with van der Waals surface area (Å²) >= 11 is 0. The molecule has 0 saturated heterocycles. The van der Waals surface area contributed by atoms with Crippen LogP contribution in [0.2, 0.25) is 0 Å². The highest BCUT2D eigenvalue weighted by Crippen LogP contribution is 2.23. The number of nitrogens with one attached hydrogen (secondary N) is 2. The van der Waals surface area contributed by atoms with Crippen molar-refractivity contribution in [1.82, 2.24) is 9.78 Å². The molecular weight excluding hydrogens is 384 g/mol. The highest BCUT2D eigenvalue weighted by molar-refractivity contribution is 5.91. The van der Waals surface area contributed by atoms with Gasteiger partial charge in [0.05, 0.1) is 12.8 Å². The van der Waals surface area contributed by atoms with Gasteiger partial charge in [0, 0.05) is 29.9 Å². The number of amides is 2. The van der Waals surface area contributed by atoms with Crippen molar-refractivity contribution in [2.24, 2.45) is 0 Å². The van der Waals surface area contributed by atoms with E-state index in [4.69, 9.17) is 4.74 Å². The standard InChI is InChI=1S/C22H22N4O4/c1-14-4-5-16(12-20(14)23-15(2)27)19-10-11-22(29)26(25-19)13-21(28)24-17-6-8-18(30-3)9-7-17/h4-12H,13H2,1-3H3,(H,23,27)(H,24,28). The molecule has 0 atom stereocenters. The second-order valence-electron chi connectivity index (χ2n) is 6.70. The fourth-order valence-corrected chi connectivity index (χ4v) is 2.83. The maximum Gasteiger partial charge on any atom is 0.267 e. The summed E-state index contributed by atoms with van der Waals surface area (Å²) in [6, 6.07) is 15.3. The van der Waals surface area contributed by atoms with E-state index in [2.05, 4.69) is 15.7 Å². The second-order valence-corrected chi connectivity index (χ2v) is 6.70. The molecule has 3 aromatic rings. The Labute approximate surface area is 173 Å². The smallest absolute Gasteiger partial charge is 0.267 e. The third kappa shape index (κ3) is 5.11. The van der Waals surface area contributed by atoms with Gasteiger partial charge in [0.2, 0.25) is 11.8 Å². The summed E-state index contributed by atoms with van der Waals surface area (Å²) in [5.41, 5.74) is 2.99. The van der Waals surface area contributed by atoms with Crippen LogP contribution in [0.4, 0.5) is 11.4 Å². The van der Waals surface area contributed by atoms with Gasteiger partial charge in [0.15, 0.2) is 0 Å². The normalized spacial score (nSPS) is 10.4. The lowest BCUT2D eigenvalue weighted by Gasteiger charge is -2.11. The van der Waals surface area contributed by atoms with Crippen molar-refractivity contribution in [1.29, 1.82) is 0 Å². The van der Waals surface area contributed by atoms with Gasteiger partial charge in [-0.25, -0.2) is 4.68 Å². The Bertz CT molecular complexity index is 1140. The Morgan fingerprint density at radius 2 is 1.77 bits per heavy atom. The summed E-state index contributed by atoms with van der Waals surface area (Å²) in [6.07, 6.45) is 0. The van der Waals surface area contributed by atoms with Gasteiger partial charge in [-0.05, 0) is 48.9 Å². The van der Waals surface area contributed by atoms with Crippen LogP contribution < -0.4 is 20.9 Å². The maximum atomic E-state index is 12.4. The molecule has 3 rings (SSSR count). The van der Waals surface area contributed by atoms with Crippen LogP contribution in [0, 0.1) is 6.92 Å². The van der Waals surface area contributed by atoms with Crippen molar-refractivity contribution < 1.29 is 14.3 Å². The van der Waals surface area contributed by atoms with Crippen LogP contribution in [0.25, 0.3) is 11.3 Å². The van der Waals surface area contributed by atoms with Crippen molar-refractivity contribution in [2.45, 2.75) is 20.4 Å². The van der Waals surface area contributed by atoms with Crippen LogP contribution in [-0.2, 0) is 16.1 Å². The topological polar surface area (TPSA) is 102 Å². The lowest BCUT2D eigenvalue weighted by Crippen LogP contribution is -2.29. The molecule has 1 aromatic heterocycles. The van der Waals surface area contributed by atoms with E-state index in [0.29, 0.717) is 28.4 Å². The molecule has 0 bridgehead atoms. The van der Waals surface area contributed by atoms with E-state index in [1.807, 2.05) is 19.1 Å². The number of anilines is 2. The minimum atomic E-state index is -0.391. The molecule has 0 aliphatic carbocycles. The second kappa shape index (κ2) is 9.04. The van der Waals surface area contributed by atoms with Gasteiger partial charge in [-0.2, -0.15) is 5.10 Å². The van der Waals surface area contributed by atoms with Gasteiger partial charge in [-0.1, -0.05) is 12.1 Å². The summed E-state index contributed by atoms with van der Waals surface area (Å²) in [4.78, 5) is 35.9. The van der Waals surface area contributed by atoms with Gasteiger partial charge >= 0.3 is 0 Å². The molecule has 0 radical (unpaired) electrons. The molecule has 1 heterocycles. The number of methoxy groups -OCH3 is 1. The number of nitrogens with zero attached hydrogens (tertiary/aromatic N) is 2. The van der Waals surface area contributed by atoms with E-state index in [-0.39, 0.29) is 18.4 Å². The molecule has 0 saturated carbocycles. The molecule has 30 heavy (non-hydrogen) atoms. The SMILES string of the molecule is COc1ccc(NC(=O)Cn2nc(-c3ccc(C)c(NC(C)=O)c3)ccc2=O)cc1. The molecule has 0 aliphatic rings. The molecule has 2 amide bonds. The number of carbonyl (C=O) groups is 2. The Kier molecular flexibility index (Phi) is 6.26. The minimum Gasteiger partial charge on any atom is -0.497 e. The molecule has 2 N–H and O–H groups in total. The van der Waals surface area contributed by atoms with Crippen LogP contribution in [0.1, 0.15) is 12.5 Å². The quantitative estimate of drug-likeness (QED) is 0.655. The van der Waals surface area contributed by atoms with E-state index in [0.717, 1.165) is 10.2 Å². The summed E-state index contributed by atoms with van der Waals surface area (Å²) in [5.74, 6) is 0.119. The minimum absolute atomic E-state index is 0.177. The number of benzene rings is 2. The predicted octanol–water partition coefficient (Wildman–Crippen LogP) is 2.82. The van der Waals surface area contributed by atoms with Crippen LogP contribution in [0.5, 0.6) is 5.75 Å². The van der Waals surface area contributed by atoms with Gasteiger partial charge < -0.3 is 15.4 Å². The van der Waals surface area contributed by atoms with Gasteiger partial charge in [-0.15, -0.1) is 0 Å². The summed E-state index contributed by atoms with van der Waals surface area (Å²) in [6.45, 7) is 3.09. The first kappa shape index (κ1) is 20.8.